The number of benzene rings is 2. The largest absolute Gasteiger partial charge is 0.399 e. The van der Waals surface area contributed by atoms with Crippen LogP contribution in [-0.2, 0) is 13.0 Å². The zero-order valence-electron chi connectivity index (χ0n) is 11.6. The SMILES string of the molecule is CC1CCc2ccccc2N1Cc1cc(N)cc(Br)c1. The molecule has 0 radical (unpaired) electrons. The minimum Gasteiger partial charge on any atom is -0.399 e. The average Bonchev–Trinajstić information content (AvgIpc) is 2.41. The highest BCUT2D eigenvalue weighted by atomic mass is 79.9. The van der Waals surface area contributed by atoms with E-state index in [1.54, 1.807) is 0 Å². The van der Waals surface area contributed by atoms with Gasteiger partial charge in [-0.15, -0.1) is 0 Å². The summed E-state index contributed by atoms with van der Waals surface area (Å²) in [5.74, 6) is 0. The van der Waals surface area contributed by atoms with Gasteiger partial charge in [-0.3, -0.25) is 0 Å². The van der Waals surface area contributed by atoms with Gasteiger partial charge in [0.2, 0.25) is 0 Å². The minimum absolute atomic E-state index is 0.560. The Kier molecular flexibility index (Phi) is 3.70. The standard InChI is InChI=1S/C17H19BrN2/c1-12-6-7-14-4-2-3-5-17(14)20(12)11-13-8-15(18)10-16(19)9-13/h2-5,8-10,12H,6-7,11,19H2,1H3. The van der Waals surface area contributed by atoms with Gasteiger partial charge in [-0.25, -0.2) is 0 Å². The number of nitrogen functional groups attached to an aromatic ring is 1. The fourth-order valence-electron chi connectivity index (χ4n) is 2.96. The number of halogens is 1. The number of para-hydroxylation sites is 1. The summed E-state index contributed by atoms with van der Waals surface area (Å²) >= 11 is 3.53. The molecule has 0 spiro atoms. The van der Waals surface area contributed by atoms with Gasteiger partial charge in [-0.05, 0) is 55.2 Å². The molecule has 1 heterocycles. The van der Waals surface area contributed by atoms with Crippen molar-refractivity contribution in [1.82, 2.24) is 0 Å². The maximum Gasteiger partial charge on any atom is 0.0433 e. The Labute approximate surface area is 128 Å². The molecule has 1 atom stereocenters. The molecule has 2 aromatic carbocycles. The first-order valence-corrected chi connectivity index (χ1v) is 7.82. The number of hydrogen-bond acceptors (Lipinski definition) is 2. The monoisotopic (exact) mass is 330 g/mol. The first-order chi connectivity index (χ1) is 9.63. The van der Waals surface area contributed by atoms with Crippen LogP contribution in [0.25, 0.3) is 0 Å². The Morgan fingerprint density at radius 1 is 1.25 bits per heavy atom. The van der Waals surface area contributed by atoms with Crippen LogP contribution in [-0.4, -0.2) is 6.04 Å². The van der Waals surface area contributed by atoms with E-state index in [-0.39, 0.29) is 0 Å². The van der Waals surface area contributed by atoms with E-state index in [9.17, 15) is 0 Å². The molecule has 0 aromatic heterocycles. The van der Waals surface area contributed by atoms with Crippen molar-refractivity contribution in [2.75, 3.05) is 10.6 Å². The van der Waals surface area contributed by atoms with Gasteiger partial charge in [-0.1, -0.05) is 34.1 Å². The van der Waals surface area contributed by atoms with Crippen molar-refractivity contribution in [2.45, 2.75) is 32.4 Å². The molecule has 0 saturated heterocycles. The third-order valence-electron chi connectivity index (χ3n) is 4.00. The molecule has 3 heteroatoms. The summed E-state index contributed by atoms with van der Waals surface area (Å²) in [6.45, 7) is 3.21. The Hall–Kier alpha value is -1.48. The van der Waals surface area contributed by atoms with Crippen LogP contribution in [0, 0.1) is 0 Å². The molecule has 1 aliphatic heterocycles. The Morgan fingerprint density at radius 3 is 2.85 bits per heavy atom. The molecular formula is C17H19BrN2. The third kappa shape index (κ3) is 2.68. The van der Waals surface area contributed by atoms with Crippen molar-refractivity contribution in [3.8, 4) is 0 Å². The quantitative estimate of drug-likeness (QED) is 0.828. The van der Waals surface area contributed by atoms with Crippen molar-refractivity contribution >= 4 is 27.3 Å². The van der Waals surface area contributed by atoms with Crippen LogP contribution < -0.4 is 10.6 Å². The van der Waals surface area contributed by atoms with Crippen LogP contribution >= 0.6 is 15.9 Å². The lowest BCUT2D eigenvalue weighted by molar-refractivity contribution is 0.560. The lowest BCUT2D eigenvalue weighted by atomic mass is 9.96. The summed E-state index contributed by atoms with van der Waals surface area (Å²) in [7, 11) is 0. The Morgan fingerprint density at radius 2 is 2.05 bits per heavy atom. The lowest BCUT2D eigenvalue weighted by Crippen LogP contribution is -2.36. The molecule has 3 rings (SSSR count). The second-order valence-electron chi connectivity index (χ2n) is 5.54. The van der Waals surface area contributed by atoms with Gasteiger partial charge in [0.15, 0.2) is 0 Å². The van der Waals surface area contributed by atoms with Crippen molar-refractivity contribution in [3.05, 3.63) is 58.1 Å². The molecule has 2 N–H and O–H groups in total. The van der Waals surface area contributed by atoms with Crippen LogP contribution in [0.5, 0.6) is 0 Å². The summed E-state index contributed by atoms with van der Waals surface area (Å²) in [5.41, 5.74) is 10.8. The first kappa shape index (κ1) is 13.5. The van der Waals surface area contributed by atoms with Gasteiger partial charge >= 0.3 is 0 Å². The topological polar surface area (TPSA) is 29.3 Å². The van der Waals surface area contributed by atoms with Crippen LogP contribution in [0.1, 0.15) is 24.5 Å². The molecule has 104 valence electrons. The van der Waals surface area contributed by atoms with Gasteiger partial charge < -0.3 is 10.6 Å². The predicted octanol–water partition coefficient (Wildman–Crippen LogP) is 4.37. The Bertz CT molecular complexity index is 604. The van der Waals surface area contributed by atoms with Gasteiger partial charge in [0.05, 0.1) is 0 Å². The molecule has 0 saturated carbocycles. The van der Waals surface area contributed by atoms with Gasteiger partial charge in [-0.2, -0.15) is 0 Å². The average molecular weight is 331 g/mol. The number of anilines is 2. The smallest absolute Gasteiger partial charge is 0.0433 e. The van der Waals surface area contributed by atoms with E-state index in [2.05, 4.69) is 64.2 Å². The molecule has 2 aromatic rings. The molecule has 0 bridgehead atoms. The van der Waals surface area contributed by atoms with Crippen LogP contribution in [0.3, 0.4) is 0 Å². The van der Waals surface area contributed by atoms with Crippen molar-refractivity contribution in [3.63, 3.8) is 0 Å². The van der Waals surface area contributed by atoms with Crippen LogP contribution in [0.15, 0.2) is 46.9 Å². The third-order valence-corrected chi connectivity index (χ3v) is 4.46. The van der Waals surface area contributed by atoms with Gasteiger partial charge in [0, 0.05) is 28.4 Å². The number of hydrogen-bond donors (Lipinski definition) is 1. The van der Waals surface area contributed by atoms with E-state index in [0.717, 1.165) is 16.7 Å². The number of rotatable bonds is 2. The molecule has 2 nitrogen and oxygen atoms in total. The van der Waals surface area contributed by atoms with E-state index in [4.69, 9.17) is 5.73 Å². The number of aryl methyl sites for hydroxylation is 1. The van der Waals surface area contributed by atoms with E-state index >= 15 is 0 Å². The summed E-state index contributed by atoms with van der Waals surface area (Å²) in [4.78, 5) is 2.49. The highest BCUT2D eigenvalue weighted by molar-refractivity contribution is 9.10. The van der Waals surface area contributed by atoms with Gasteiger partial charge in [0.25, 0.3) is 0 Å². The summed E-state index contributed by atoms with van der Waals surface area (Å²) in [6, 6.07) is 15.4. The van der Waals surface area contributed by atoms with Crippen molar-refractivity contribution in [1.29, 1.82) is 0 Å². The van der Waals surface area contributed by atoms with E-state index in [0.29, 0.717) is 6.04 Å². The molecule has 1 aliphatic rings. The van der Waals surface area contributed by atoms with Crippen molar-refractivity contribution in [2.24, 2.45) is 0 Å². The number of nitrogens with two attached hydrogens (primary N) is 1. The highest BCUT2D eigenvalue weighted by Crippen LogP contribution is 2.32. The molecule has 0 aliphatic carbocycles. The van der Waals surface area contributed by atoms with Gasteiger partial charge in [0.1, 0.15) is 0 Å². The predicted molar refractivity (Wildman–Crippen MR) is 89.0 cm³/mol. The first-order valence-electron chi connectivity index (χ1n) is 7.03. The normalized spacial score (nSPS) is 17.9. The highest BCUT2D eigenvalue weighted by Gasteiger charge is 2.22. The lowest BCUT2D eigenvalue weighted by Gasteiger charge is -2.37. The molecule has 0 fully saturated rings. The summed E-state index contributed by atoms with van der Waals surface area (Å²) in [5, 5.41) is 0. The molecular weight excluding hydrogens is 312 g/mol. The molecule has 1 unspecified atom stereocenters. The molecule has 20 heavy (non-hydrogen) atoms. The van der Waals surface area contributed by atoms with Crippen LogP contribution in [0.2, 0.25) is 0 Å². The maximum atomic E-state index is 5.95. The molecule has 0 amide bonds. The Balaban J connectivity index is 1.93. The number of fused-ring (bicyclic) bond motifs is 1. The van der Waals surface area contributed by atoms with E-state index in [1.165, 1.54) is 29.7 Å². The number of nitrogens with zero attached hydrogens (tertiary/aromatic N) is 1. The maximum absolute atomic E-state index is 5.95. The van der Waals surface area contributed by atoms with E-state index < -0.39 is 0 Å². The minimum atomic E-state index is 0.560. The summed E-state index contributed by atoms with van der Waals surface area (Å²) in [6.07, 6.45) is 2.38. The second kappa shape index (κ2) is 5.49. The fourth-order valence-corrected chi connectivity index (χ4v) is 3.52. The second-order valence-corrected chi connectivity index (χ2v) is 6.45. The summed E-state index contributed by atoms with van der Waals surface area (Å²) < 4.78 is 1.05. The fraction of sp³-hybridized carbons (Fsp3) is 0.294. The zero-order valence-corrected chi connectivity index (χ0v) is 13.2. The van der Waals surface area contributed by atoms with Crippen LogP contribution in [0.4, 0.5) is 11.4 Å². The van der Waals surface area contributed by atoms with E-state index in [1.807, 2.05) is 6.07 Å². The zero-order chi connectivity index (χ0) is 14.1. The van der Waals surface area contributed by atoms with Crippen molar-refractivity contribution < 1.29 is 0 Å².